The zero-order valence-electron chi connectivity index (χ0n) is 13.0. The molecule has 0 aliphatic carbocycles. The van der Waals surface area contributed by atoms with Crippen LogP contribution in [0, 0.1) is 0 Å². The summed E-state index contributed by atoms with van der Waals surface area (Å²) in [6.45, 7) is 1.35. The number of nitrogens with one attached hydrogen (secondary N) is 1. The molecule has 124 valence electrons. The number of amides is 1. The predicted octanol–water partition coefficient (Wildman–Crippen LogP) is 3.84. The zero-order chi connectivity index (χ0) is 17.5. The number of ketones is 1. The lowest BCUT2D eigenvalue weighted by Crippen LogP contribution is -2.17. The lowest BCUT2D eigenvalue weighted by atomic mass is 10.1. The van der Waals surface area contributed by atoms with Crippen molar-refractivity contribution in [3.05, 3.63) is 64.1 Å². The molecule has 0 saturated heterocycles. The maximum absolute atomic E-state index is 12.2. The number of rotatable bonds is 6. The third-order valence-electron chi connectivity index (χ3n) is 3.24. The van der Waals surface area contributed by atoms with Crippen LogP contribution in [-0.2, 0) is 9.53 Å². The van der Waals surface area contributed by atoms with E-state index in [2.05, 4.69) is 21.2 Å². The second-order valence-corrected chi connectivity index (χ2v) is 5.87. The van der Waals surface area contributed by atoms with Crippen molar-refractivity contribution in [1.29, 1.82) is 0 Å². The van der Waals surface area contributed by atoms with E-state index in [0.29, 0.717) is 17.7 Å². The first kappa shape index (κ1) is 17.9. The Bertz CT molecular complexity index is 756. The standard InChI is InChI=1S/C18H16BrNO4/c1-2-17(22)20-15-6-4-3-5-14(15)18(23)24-11-16(21)12-7-9-13(19)10-8-12/h3-10H,2,11H2,1H3,(H,20,22). The Hall–Kier alpha value is -2.47. The molecule has 0 atom stereocenters. The van der Waals surface area contributed by atoms with Crippen molar-refractivity contribution < 1.29 is 19.1 Å². The van der Waals surface area contributed by atoms with E-state index >= 15 is 0 Å². The topological polar surface area (TPSA) is 72.5 Å². The number of anilines is 1. The van der Waals surface area contributed by atoms with Gasteiger partial charge in [-0.05, 0) is 24.3 Å². The van der Waals surface area contributed by atoms with Crippen molar-refractivity contribution in [3.8, 4) is 0 Å². The number of hydrogen-bond donors (Lipinski definition) is 1. The van der Waals surface area contributed by atoms with Gasteiger partial charge in [-0.25, -0.2) is 4.79 Å². The molecule has 0 radical (unpaired) electrons. The lowest BCUT2D eigenvalue weighted by Gasteiger charge is -2.10. The van der Waals surface area contributed by atoms with E-state index in [-0.39, 0.29) is 23.9 Å². The Kier molecular flexibility index (Phi) is 6.26. The van der Waals surface area contributed by atoms with Crippen molar-refractivity contribution in [3.63, 3.8) is 0 Å². The molecule has 2 aromatic rings. The largest absolute Gasteiger partial charge is 0.454 e. The van der Waals surface area contributed by atoms with Crippen LogP contribution < -0.4 is 5.32 Å². The molecule has 0 bridgehead atoms. The molecule has 0 unspecified atom stereocenters. The number of benzene rings is 2. The highest BCUT2D eigenvalue weighted by Crippen LogP contribution is 2.17. The summed E-state index contributed by atoms with van der Waals surface area (Å²) in [5.41, 5.74) is 1.03. The van der Waals surface area contributed by atoms with Crippen LogP contribution >= 0.6 is 15.9 Å². The number of Topliss-reactive ketones (excluding diaryl/α,β-unsaturated/α-hetero) is 1. The van der Waals surface area contributed by atoms with E-state index in [1.165, 1.54) is 6.07 Å². The molecular formula is C18H16BrNO4. The summed E-state index contributed by atoms with van der Waals surface area (Å²) in [7, 11) is 0. The van der Waals surface area contributed by atoms with E-state index in [4.69, 9.17) is 4.74 Å². The van der Waals surface area contributed by atoms with Crippen LogP contribution in [0.4, 0.5) is 5.69 Å². The monoisotopic (exact) mass is 389 g/mol. The predicted molar refractivity (Wildman–Crippen MR) is 94.1 cm³/mol. The molecule has 0 saturated carbocycles. The molecule has 2 aromatic carbocycles. The van der Waals surface area contributed by atoms with E-state index in [9.17, 15) is 14.4 Å². The Labute approximate surface area is 148 Å². The molecule has 0 aliphatic heterocycles. The first-order valence-electron chi connectivity index (χ1n) is 7.36. The molecule has 0 fully saturated rings. The van der Waals surface area contributed by atoms with Crippen molar-refractivity contribution in [2.24, 2.45) is 0 Å². The van der Waals surface area contributed by atoms with Gasteiger partial charge in [0.15, 0.2) is 12.4 Å². The smallest absolute Gasteiger partial charge is 0.340 e. The number of esters is 1. The van der Waals surface area contributed by atoms with Crippen LogP contribution in [0.3, 0.4) is 0 Å². The molecule has 0 spiro atoms. The summed E-state index contributed by atoms with van der Waals surface area (Å²) >= 11 is 3.29. The highest BCUT2D eigenvalue weighted by molar-refractivity contribution is 9.10. The summed E-state index contributed by atoms with van der Waals surface area (Å²) in [6.07, 6.45) is 0.297. The fourth-order valence-electron chi connectivity index (χ4n) is 1.94. The van der Waals surface area contributed by atoms with Crippen LogP contribution in [0.5, 0.6) is 0 Å². The number of carbonyl (C=O) groups is 3. The fourth-order valence-corrected chi connectivity index (χ4v) is 2.20. The van der Waals surface area contributed by atoms with Crippen LogP contribution in [-0.4, -0.2) is 24.3 Å². The first-order valence-corrected chi connectivity index (χ1v) is 8.15. The van der Waals surface area contributed by atoms with Gasteiger partial charge in [0.05, 0.1) is 11.3 Å². The third-order valence-corrected chi connectivity index (χ3v) is 3.77. The van der Waals surface area contributed by atoms with Gasteiger partial charge in [0.1, 0.15) is 0 Å². The fraction of sp³-hybridized carbons (Fsp3) is 0.167. The third kappa shape index (κ3) is 4.76. The van der Waals surface area contributed by atoms with Crippen LogP contribution in [0.1, 0.15) is 34.1 Å². The number of para-hydroxylation sites is 1. The molecule has 0 aromatic heterocycles. The Morgan fingerprint density at radius 2 is 1.71 bits per heavy atom. The average Bonchev–Trinajstić information content (AvgIpc) is 2.60. The summed E-state index contributed by atoms with van der Waals surface area (Å²) < 4.78 is 5.94. The molecule has 5 nitrogen and oxygen atoms in total. The van der Waals surface area contributed by atoms with Gasteiger partial charge >= 0.3 is 5.97 Å². The molecule has 24 heavy (non-hydrogen) atoms. The van der Waals surface area contributed by atoms with Gasteiger partial charge in [0, 0.05) is 16.5 Å². The number of carbonyl (C=O) groups excluding carboxylic acids is 3. The molecule has 1 N–H and O–H groups in total. The summed E-state index contributed by atoms with van der Waals surface area (Å²) in [5, 5.41) is 2.64. The van der Waals surface area contributed by atoms with E-state index in [1.807, 2.05) is 0 Å². The normalized spacial score (nSPS) is 10.1. The first-order chi connectivity index (χ1) is 11.5. The molecular weight excluding hydrogens is 374 g/mol. The Balaban J connectivity index is 2.03. The van der Waals surface area contributed by atoms with Crippen molar-refractivity contribution >= 4 is 39.3 Å². The second-order valence-electron chi connectivity index (χ2n) is 4.95. The Morgan fingerprint density at radius 3 is 2.38 bits per heavy atom. The lowest BCUT2D eigenvalue weighted by molar-refractivity contribution is -0.115. The molecule has 0 aliphatic rings. The minimum absolute atomic E-state index is 0.207. The molecule has 6 heteroatoms. The van der Waals surface area contributed by atoms with Gasteiger partial charge in [-0.15, -0.1) is 0 Å². The Morgan fingerprint density at radius 1 is 1.04 bits per heavy atom. The van der Waals surface area contributed by atoms with E-state index < -0.39 is 5.97 Å². The summed E-state index contributed by atoms with van der Waals surface area (Å²) in [5.74, 6) is -1.17. The van der Waals surface area contributed by atoms with Crippen LogP contribution in [0.2, 0.25) is 0 Å². The molecule has 2 rings (SSSR count). The minimum atomic E-state index is -0.660. The molecule has 0 heterocycles. The SMILES string of the molecule is CCC(=O)Nc1ccccc1C(=O)OCC(=O)c1ccc(Br)cc1. The highest BCUT2D eigenvalue weighted by Gasteiger charge is 2.16. The summed E-state index contributed by atoms with van der Waals surface area (Å²) in [6, 6.07) is 13.3. The van der Waals surface area contributed by atoms with Gasteiger partial charge < -0.3 is 10.1 Å². The summed E-state index contributed by atoms with van der Waals surface area (Å²) in [4.78, 5) is 35.7. The second kappa shape index (κ2) is 8.40. The maximum atomic E-state index is 12.2. The van der Waals surface area contributed by atoms with Gasteiger partial charge in [-0.2, -0.15) is 0 Å². The zero-order valence-corrected chi connectivity index (χ0v) is 14.6. The van der Waals surface area contributed by atoms with Gasteiger partial charge in [-0.1, -0.05) is 47.1 Å². The number of hydrogen-bond acceptors (Lipinski definition) is 4. The molecule has 1 amide bonds. The van der Waals surface area contributed by atoms with Crippen LogP contribution in [0.15, 0.2) is 53.0 Å². The number of halogens is 1. The average molecular weight is 390 g/mol. The minimum Gasteiger partial charge on any atom is -0.454 e. The van der Waals surface area contributed by atoms with Gasteiger partial charge in [0.25, 0.3) is 0 Å². The van der Waals surface area contributed by atoms with Gasteiger partial charge in [0.2, 0.25) is 5.91 Å². The highest BCUT2D eigenvalue weighted by atomic mass is 79.9. The van der Waals surface area contributed by atoms with Crippen molar-refractivity contribution in [2.75, 3.05) is 11.9 Å². The number of ether oxygens (including phenoxy) is 1. The van der Waals surface area contributed by atoms with E-state index in [1.54, 1.807) is 49.4 Å². The van der Waals surface area contributed by atoms with Crippen molar-refractivity contribution in [1.82, 2.24) is 0 Å². The van der Waals surface area contributed by atoms with Crippen LogP contribution in [0.25, 0.3) is 0 Å². The quantitative estimate of drug-likeness (QED) is 0.601. The van der Waals surface area contributed by atoms with E-state index in [0.717, 1.165) is 4.47 Å². The maximum Gasteiger partial charge on any atom is 0.340 e. The van der Waals surface area contributed by atoms with Crippen molar-refractivity contribution in [2.45, 2.75) is 13.3 Å². The van der Waals surface area contributed by atoms with Gasteiger partial charge in [-0.3, -0.25) is 9.59 Å².